The second kappa shape index (κ2) is 9.33. The Morgan fingerprint density at radius 3 is 2.39 bits per heavy atom. The van der Waals surface area contributed by atoms with Gasteiger partial charge >= 0.3 is 0 Å². The number of carbonyl (C=O) groups is 1. The summed E-state index contributed by atoms with van der Waals surface area (Å²) in [6.45, 7) is 1.39. The van der Waals surface area contributed by atoms with E-state index in [0.717, 1.165) is 25.7 Å². The Hall–Kier alpha value is -1.51. The third kappa shape index (κ3) is 4.90. The summed E-state index contributed by atoms with van der Waals surface area (Å²) in [6, 6.07) is 6.56. The second-order valence-electron chi connectivity index (χ2n) is 7.69. The number of hydrogen-bond acceptors (Lipinski definition) is 3. The standard InChI is InChI=1S/C20H30FN3O3S/c1-22(18-8-3-2-4-9-18)28(26,27)24-15-13-23(14-16-24)20(25)12-11-17-7-5-6-10-19(17)21/h5-7,10,18H,2-4,8-9,11-16H2,1H3. The largest absolute Gasteiger partial charge is 0.340 e. The maximum Gasteiger partial charge on any atom is 0.282 e. The van der Waals surface area contributed by atoms with Crippen molar-refractivity contribution >= 4 is 16.1 Å². The van der Waals surface area contributed by atoms with E-state index in [4.69, 9.17) is 0 Å². The number of rotatable bonds is 6. The van der Waals surface area contributed by atoms with E-state index in [1.807, 2.05) is 0 Å². The number of aryl methyl sites for hydroxylation is 1. The molecule has 2 aliphatic rings. The topological polar surface area (TPSA) is 60.9 Å². The van der Waals surface area contributed by atoms with Gasteiger partial charge in [0.05, 0.1) is 0 Å². The van der Waals surface area contributed by atoms with Gasteiger partial charge in [-0.25, -0.2) is 4.39 Å². The molecule has 8 heteroatoms. The molecule has 0 N–H and O–H groups in total. The Morgan fingerprint density at radius 2 is 1.75 bits per heavy atom. The molecule has 0 unspecified atom stereocenters. The van der Waals surface area contributed by atoms with Crippen molar-refractivity contribution < 1.29 is 17.6 Å². The first kappa shape index (κ1) is 21.2. The van der Waals surface area contributed by atoms with Crippen molar-refractivity contribution in [3.63, 3.8) is 0 Å². The average Bonchev–Trinajstić information content (AvgIpc) is 2.73. The molecule has 1 aromatic rings. The molecule has 0 atom stereocenters. The molecule has 3 rings (SSSR count). The molecule has 1 aliphatic carbocycles. The van der Waals surface area contributed by atoms with Crippen molar-refractivity contribution in [2.75, 3.05) is 33.2 Å². The van der Waals surface area contributed by atoms with Crippen LogP contribution in [-0.2, 0) is 21.4 Å². The molecular formula is C20H30FN3O3S. The van der Waals surface area contributed by atoms with Crippen LogP contribution in [0.5, 0.6) is 0 Å². The fourth-order valence-electron chi connectivity index (χ4n) is 4.08. The molecule has 1 saturated carbocycles. The van der Waals surface area contributed by atoms with Gasteiger partial charge in [-0.15, -0.1) is 0 Å². The lowest BCUT2D eigenvalue weighted by Gasteiger charge is -2.38. The first-order valence-corrected chi connectivity index (χ1v) is 11.5. The molecule has 2 fully saturated rings. The minimum atomic E-state index is -3.49. The summed E-state index contributed by atoms with van der Waals surface area (Å²) in [5.74, 6) is -0.349. The van der Waals surface area contributed by atoms with Crippen molar-refractivity contribution in [2.24, 2.45) is 0 Å². The van der Waals surface area contributed by atoms with Crippen LogP contribution in [0.15, 0.2) is 24.3 Å². The molecule has 1 aliphatic heterocycles. The van der Waals surface area contributed by atoms with E-state index in [-0.39, 0.29) is 24.2 Å². The molecule has 1 amide bonds. The van der Waals surface area contributed by atoms with E-state index in [9.17, 15) is 17.6 Å². The summed E-state index contributed by atoms with van der Waals surface area (Å²) in [5, 5.41) is 0. The van der Waals surface area contributed by atoms with Crippen LogP contribution in [0.1, 0.15) is 44.1 Å². The maximum absolute atomic E-state index is 13.7. The molecule has 0 bridgehead atoms. The highest BCUT2D eigenvalue weighted by Gasteiger charge is 2.35. The number of carbonyl (C=O) groups excluding carboxylic acids is 1. The van der Waals surface area contributed by atoms with E-state index < -0.39 is 10.2 Å². The number of hydrogen-bond donors (Lipinski definition) is 0. The molecular weight excluding hydrogens is 381 g/mol. The predicted octanol–water partition coefficient (Wildman–Crippen LogP) is 2.41. The van der Waals surface area contributed by atoms with Crippen LogP contribution in [0.4, 0.5) is 4.39 Å². The van der Waals surface area contributed by atoms with Crippen molar-refractivity contribution in [1.82, 2.24) is 13.5 Å². The fraction of sp³-hybridized carbons (Fsp3) is 0.650. The van der Waals surface area contributed by atoms with Crippen LogP contribution in [0.3, 0.4) is 0 Å². The van der Waals surface area contributed by atoms with Crippen LogP contribution in [0.25, 0.3) is 0 Å². The Bertz CT molecular complexity index is 773. The van der Waals surface area contributed by atoms with Crippen molar-refractivity contribution in [2.45, 2.75) is 51.0 Å². The normalized spacial score (nSPS) is 19.9. The highest BCUT2D eigenvalue weighted by atomic mass is 32.2. The average molecular weight is 412 g/mol. The van der Waals surface area contributed by atoms with Crippen molar-refractivity contribution in [3.8, 4) is 0 Å². The number of piperazine rings is 1. The van der Waals surface area contributed by atoms with Gasteiger partial charge in [0.2, 0.25) is 5.91 Å². The smallest absolute Gasteiger partial charge is 0.282 e. The Balaban J connectivity index is 1.50. The third-order valence-electron chi connectivity index (χ3n) is 5.94. The van der Waals surface area contributed by atoms with Gasteiger partial charge in [0.15, 0.2) is 0 Å². The van der Waals surface area contributed by atoms with E-state index >= 15 is 0 Å². The molecule has 28 heavy (non-hydrogen) atoms. The molecule has 1 aromatic carbocycles. The predicted molar refractivity (Wildman–Crippen MR) is 106 cm³/mol. The number of nitrogens with zero attached hydrogens (tertiary/aromatic N) is 3. The molecule has 0 radical (unpaired) electrons. The summed E-state index contributed by atoms with van der Waals surface area (Å²) >= 11 is 0. The van der Waals surface area contributed by atoms with Crippen LogP contribution in [-0.4, -0.2) is 67.1 Å². The van der Waals surface area contributed by atoms with E-state index in [2.05, 4.69) is 0 Å². The minimum Gasteiger partial charge on any atom is -0.340 e. The van der Waals surface area contributed by atoms with Crippen molar-refractivity contribution in [3.05, 3.63) is 35.6 Å². The summed E-state index contributed by atoms with van der Waals surface area (Å²) in [4.78, 5) is 14.1. The highest BCUT2D eigenvalue weighted by molar-refractivity contribution is 7.86. The number of benzene rings is 1. The van der Waals surface area contributed by atoms with Crippen LogP contribution in [0, 0.1) is 5.82 Å². The van der Waals surface area contributed by atoms with E-state index in [1.165, 1.54) is 21.1 Å². The number of amides is 1. The summed E-state index contributed by atoms with van der Waals surface area (Å²) in [6.07, 6.45) is 5.76. The second-order valence-corrected chi connectivity index (χ2v) is 9.68. The molecule has 6 nitrogen and oxygen atoms in total. The quantitative estimate of drug-likeness (QED) is 0.722. The Kier molecular flexibility index (Phi) is 7.06. The zero-order valence-electron chi connectivity index (χ0n) is 16.5. The molecule has 0 aromatic heterocycles. The lowest BCUT2D eigenvalue weighted by molar-refractivity contribution is -0.132. The highest BCUT2D eigenvalue weighted by Crippen LogP contribution is 2.25. The van der Waals surface area contributed by atoms with Gasteiger partial charge < -0.3 is 4.90 Å². The van der Waals surface area contributed by atoms with Gasteiger partial charge in [0, 0.05) is 45.7 Å². The fourth-order valence-corrected chi connectivity index (χ4v) is 5.66. The molecule has 1 heterocycles. The summed E-state index contributed by atoms with van der Waals surface area (Å²) in [7, 11) is -1.81. The third-order valence-corrected chi connectivity index (χ3v) is 7.98. The van der Waals surface area contributed by atoms with Gasteiger partial charge in [0.25, 0.3) is 10.2 Å². The summed E-state index contributed by atoms with van der Waals surface area (Å²) in [5.41, 5.74) is 0.533. The molecule has 0 spiro atoms. The van der Waals surface area contributed by atoms with Crippen LogP contribution >= 0.6 is 0 Å². The first-order chi connectivity index (χ1) is 13.4. The van der Waals surface area contributed by atoms with Gasteiger partial charge in [-0.1, -0.05) is 37.5 Å². The minimum absolute atomic E-state index is 0.0547. The first-order valence-electron chi connectivity index (χ1n) is 10.1. The van der Waals surface area contributed by atoms with Gasteiger partial charge in [-0.3, -0.25) is 4.79 Å². The van der Waals surface area contributed by atoms with E-state index in [1.54, 1.807) is 30.1 Å². The van der Waals surface area contributed by atoms with Crippen LogP contribution in [0.2, 0.25) is 0 Å². The lowest BCUT2D eigenvalue weighted by atomic mass is 9.96. The van der Waals surface area contributed by atoms with Crippen LogP contribution < -0.4 is 0 Å². The van der Waals surface area contributed by atoms with E-state index in [0.29, 0.717) is 38.2 Å². The van der Waals surface area contributed by atoms with Gasteiger partial charge in [0.1, 0.15) is 5.82 Å². The SMILES string of the molecule is CN(C1CCCCC1)S(=O)(=O)N1CCN(C(=O)CCc2ccccc2F)CC1. The molecule has 1 saturated heterocycles. The van der Waals surface area contributed by atoms with Gasteiger partial charge in [-0.05, 0) is 30.9 Å². The van der Waals surface area contributed by atoms with Gasteiger partial charge in [-0.2, -0.15) is 17.0 Å². The maximum atomic E-state index is 13.7. The zero-order valence-corrected chi connectivity index (χ0v) is 17.3. The summed E-state index contributed by atoms with van der Waals surface area (Å²) < 4.78 is 42.5. The Labute approximate surface area is 167 Å². The number of halogens is 1. The Morgan fingerprint density at radius 1 is 1.11 bits per heavy atom. The monoisotopic (exact) mass is 411 g/mol. The zero-order chi connectivity index (χ0) is 20.1. The van der Waals surface area contributed by atoms with Crippen molar-refractivity contribution in [1.29, 1.82) is 0 Å². The molecule has 156 valence electrons. The lowest BCUT2D eigenvalue weighted by Crippen LogP contribution is -2.55.